The zero-order chi connectivity index (χ0) is 16.7. The van der Waals surface area contributed by atoms with Crippen LogP contribution in [0.25, 0.3) is 5.57 Å². The highest BCUT2D eigenvalue weighted by atomic mass is 16.5. The third-order valence-electron chi connectivity index (χ3n) is 3.34. The maximum atomic E-state index is 10.7. The minimum Gasteiger partial charge on any atom is -0.494 e. The lowest BCUT2D eigenvalue weighted by molar-refractivity contribution is -0.131. The predicted octanol–water partition coefficient (Wildman–Crippen LogP) is 4.47. The van der Waals surface area contributed by atoms with Crippen molar-refractivity contribution >= 4 is 11.5 Å². The lowest BCUT2D eigenvalue weighted by Crippen LogP contribution is -1.93. The predicted molar refractivity (Wildman–Crippen MR) is 92.6 cm³/mol. The molecule has 0 atom stereocenters. The molecule has 23 heavy (non-hydrogen) atoms. The van der Waals surface area contributed by atoms with E-state index in [9.17, 15) is 4.79 Å². The van der Waals surface area contributed by atoms with Gasteiger partial charge in [-0.05, 0) is 42.7 Å². The lowest BCUT2D eigenvalue weighted by atomic mass is 9.96. The van der Waals surface area contributed by atoms with Gasteiger partial charge < -0.3 is 9.84 Å². The number of carbonyl (C=O) groups is 1. The fourth-order valence-electron chi connectivity index (χ4n) is 2.22. The molecule has 0 aliphatic carbocycles. The number of ether oxygens (including phenoxy) is 1. The van der Waals surface area contributed by atoms with E-state index in [4.69, 9.17) is 9.84 Å². The molecule has 0 aromatic heterocycles. The summed E-state index contributed by atoms with van der Waals surface area (Å²) in [6.45, 7) is 4.61. The largest absolute Gasteiger partial charge is 0.494 e. The van der Waals surface area contributed by atoms with E-state index in [1.807, 2.05) is 68.5 Å². The fraction of sp³-hybridized carbons (Fsp3) is 0.150. The van der Waals surface area contributed by atoms with Crippen LogP contribution >= 0.6 is 0 Å². The smallest absolute Gasteiger partial charge is 0.328 e. The van der Waals surface area contributed by atoms with Crippen LogP contribution in [0.4, 0.5) is 0 Å². The SMILES string of the molecule is CCOc1ccc(/C(=C/C=C/C(=O)O)c2ccc(C)cc2)cc1. The van der Waals surface area contributed by atoms with Crippen LogP contribution in [0.2, 0.25) is 0 Å². The van der Waals surface area contributed by atoms with Gasteiger partial charge in [-0.25, -0.2) is 4.79 Å². The number of allylic oxidation sites excluding steroid dienone is 2. The maximum Gasteiger partial charge on any atom is 0.328 e. The number of hydrogen-bond donors (Lipinski definition) is 1. The Morgan fingerprint density at radius 2 is 1.61 bits per heavy atom. The first-order valence-corrected chi connectivity index (χ1v) is 7.51. The fourth-order valence-corrected chi connectivity index (χ4v) is 2.22. The molecule has 0 unspecified atom stereocenters. The van der Waals surface area contributed by atoms with Crippen LogP contribution in [0.5, 0.6) is 5.75 Å². The van der Waals surface area contributed by atoms with E-state index >= 15 is 0 Å². The van der Waals surface area contributed by atoms with Gasteiger partial charge in [0.2, 0.25) is 0 Å². The summed E-state index contributed by atoms with van der Waals surface area (Å²) in [5.74, 6) is -0.142. The van der Waals surface area contributed by atoms with Crippen LogP contribution in [0, 0.1) is 6.92 Å². The third kappa shape index (κ3) is 4.85. The van der Waals surface area contributed by atoms with Gasteiger partial charge in [0, 0.05) is 6.08 Å². The molecule has 0 spiro atoms. The zero-order valence-corrected chi connectivity index (χ0v) is 13.3. The van der Waals surface area contributed by atoms with Gasteiger partial charge >= 0.3 is 5.97 Å². The summed E-state index contributed by atoms with van der Waals surface area (Å²) in [5.41, 5.74) is 4.19. The van der Waals surface area contributed by atoms with Gasteiger partial charge in [0.1, 0.15) is 5.75 Å². The maximum absolute atomic E-state index is 10.7. The lowest BCUT2D eigenvalue weighted by Gasteiger charge is -2.10. The normalized spacial score (nSPS) is 11.7. The molecule has 0 amide bonds. The van der Waals surface area contributed by atoms with Crippen molar-refractivity contribution in [3.8, 4) is 5.75 Å². The number of carboxylic acid groups (broad SMARTS) is 1. The van der Waals surface area contributed by atoms with E-state index in [1.165, 1.54) is 5.56 Å². The topological polar surface area (TPSA) is 46.5 Å². The minimum atomic E-state index is -0.962. The first kappa shape index (κ1) is 16.6. The molecular weight excluding hydrogens is 288 g/mol. The average Bonchev–Trinajstić information content (AvgIpc) is 2.54. The Balaban J connectivity index is 2.40. The number of benzene rings is 2. The van der Waals surface area contributed by atoms with Crippen LogP contribution in [0.1, 0.15) is 23.6 Å². The summed E-state index contributed by atoms with van der Waals surface area (Å²) in [6, 6.07) is 15.9. The van der Waals surface area contributed by atoms with Gasteiger partial charge in [0.25, 0.3) is 0 Å². The standard InChI is InChI=1S/C20H20O3/c1-3-23-18-13-11-17(12-14-18)19(5-4-6-20(21)22)16-9-7-15(2)8-10-16/h4-14H,3H2,1-2H3,(H,21,22)/b6-4+,19-5+. The third-order valence-corrected chi connectivity index (χ3v) is 3.34. The Kier molecular flexibility index (Phi) is 5.75. The molecule has 0 saturated heterocycles. The van der Waals surface area contributed by atoms with Crippen molar-refractivity contribution in [2.24, 2.45) is 0 Å². The summed E-state index contributed by atoms with van der Waals surface area (Å²) in [5, 5.41) is 8.77. The van der Waals surface area contributed by atoms with Gasteiger partial charge in [-0.2, -0.15) is 0 Å². The van der Waals surface area contributed by atoms with Gasteiger partial charge in [0.15, 0.2) is 0 Å². The molecule has 118 valence electrons. The van der Waals surface area contributed by atoms with Crippen molar-refractivity contribution in [3.63, 3.8) is 0 Å². The highest BCUT2D eigenvalue weighted by Crippen LogP contribution is 2.26. The molecule has 2 rings (SSSR count). The summed E-state index contributed by atoms with van der Waals surface area (Å²) >= 11 is 0. The Labute approximate surface area is 136 Å². The Hall–Kier alpha value is -2.81. The Morgan fingerprint density at radius 3 is 2.13 bits per heavy atom. The van der Waals surface area contributed by atoms with Crippen molar-refractivity contribution in [2.45, 2.75) is 13.8 Å². The van der Waals surface area contributed by atoms with Crippen LogP contribution in [0.15, 0.2) is 66.8 Å². The molecule has 0 aliphatic rings. The number of hydrogen-bond acceptors (Lipinski definition) is 2. The summed E-state index contributed by atoms with van der Waals surface area (Å²) < 4.78 is 5.46. The van der Waals surface area contributed by atoms with Crippen molar-refractivity contribution in [2.75, 3.05) is 6.61 Å². The number of rotatable bonds is 6. The quantitative estimate of drug-likeness (QED) is 0.633. The highest BCUT2D eigenvalue weighted by molar-refractivity contribution is 5.84. The van der Waals surface area contributed by atoms with Gasteiger partial charge in [0.05, 0.1) is 6.61 Å². The molecule has 0 heterocycles. The molecule has 2 aromatic carbocycles. The molecule has 3 nitrogen and oxygen atoms in total. The summed E-state index contributed by atoms with van der Waals surface area (Å²) in [6.07, 6.45) is 4.49. The average molecular weight is 308 g/mol. The molecule has 0 saturated carbocycles. The summed E-state index contributed by atoms with van der Waals surface area (Å²) in [7, 11) is 0. The molecule has 0 fully saturated rings. The minimum absolute atomic E-state index is 0.626. The highest BCUT2D eigenvalue weighted by Gasteiger charge is 2.05. The van der Waals surface area contributed by atoms with Crippen LogP contribution in [-0.4, -0.2) is 17.7 Å². The molecule has 0 bridgehead atoms. The molecule has 1 N–H and O–H groups in total. The van der Waals surface area contributed by atoms with E-state index in [-0.39, 0.29) is 0 Å². The van der Waals surface area contributed by atoms with E-state index in [2.05, 4.69) is 0 Å². The number of aryl methyl sites for hydroxylation is 1. The van der Waals surface area contributed by atoms with E-state index in [0.29, 0.717) is 6.61 Å². The summed E-state index contributed by atoms with van der Waals surface area (Å²) in [4.78, 5) is 10.7. The monoisotopic (exact) mass is 308 g/mol. The van der Waals surface area contributed by atoms with E-state index in [0.717, 1.165) is 28.5 Å². The van der Waals surface area contributed by atoms with Crippen molar-refractivity contribution in [1.29, 1.82) is 0 Å². The second-order valence-corrected chi connectivity index (χ2v) is 5.10. The van der Waals surface area contributed by atoms with Gasteiger partial charge in [-0.1, -0.05) is 54.1 Å². The van der Waals surface area contributed by atoms with Crippen molar-refractivity contribution < 1.29 is 14.6 Å². The molecule has 3 heteroatoms. The van der Waals surface area contributed by atoms with Crippen molar-refractivity contribution in [1.82, 2.24) is 0 Å². The Morgan fingerprint density at radius 1 is 1.04 bits per heavy atom. The van der Waals surface area contributed by atoms with E-state index in [1.54, 1.807) is 6.08 Å². The number of aliphatic carboxylic acids is 1. The molecule has 0 aliphatic heterocycles. The molecule has 0 radical (unpaired) electrons. The van der Waals surface area contributed by atoms with Crippen LogP contribution in [-0.2, 0) is 4.79 Å². The van der Waals surface area contributed by atoms with Crippen molar-refractivity contribution in [3.05, 3.63) is 83.4 Å². The van der Waals surface area contributed by atoms with E-state index < -0.39 is 5.97 Å². The van der Waals surface area contributed by atoms with Crippen LogP contribution in [0.3, 0.4) is 0 Å². The second-order valence-electron chi connectivity index (χ2n) is 5.10. The number of carboxylic acids is 1. The molecule has 2 aromatic rings. The zero-order valence-electron chi connectivity index (χ0n) is 13.3. The second kappa shape index (κ2) is 7.99. The van der Waals surface area contributed by atoms with Crippen LogP contribution < -0.4 is 4.74 Å². The van der Waals surface area contributed by atoms with Gasteiger partial charge in [-0.3, -0.25) is 0 Å². The molecular formula is C20H20O3. The first-order valence-electron chi connectivity index (χ1n) is 7.51. The Bertz CT molecular complexity index is 708. The first-order chi connectivity index (χ1) is 11.1. The van der Waals surface area contributed by atoms with Gasteiger partial charge in [-0.15, -0.1) is 0 Å².